The highest BCUT2D eigenvalue weighted by molar-refractivity contribution is 7.09. The van der Waals surface area contributed by atoms with Crippen LogP contribution < -0.4 is 5.73 Å². The van der Waals surface area contributed by atoms with Crippen LogP contribution in [0.1, 0.15) is 4.88 Å². The fraction of sp³-hybridized carbons (Fsp3) is 0.600. The molecule has 0 radical (unpaired) electrons. The molecule has 1 aromatic heterocycles. The van der Waals surface area contributed by atoms with Crippen molar-refractivity contribution in [3.05, 3.63) is 22.4 Å². The third-order valence-corrected chi connectivity index (χ3v) is 4.16. The standard InChI is InChI=1S/C10H14N2S/c11-10-8-5-12(6-9(8)10)4-7-2-1-3-13-7/h1-3,8-10H,4-6,11H2. The molecule has 2 fully saturated rings. The summed E-state index contributed by atoms with van der Waals surface area (Å²) in [6.45, 7) is 3.59. The molecule has 0 spiro atoms. The van der Waals surface area contributed by atoms with Crippen molar-refractivity contribution >= 4 is 11.3 Å². The average molecular weight is 194 g/mol. The lowest BCUT2D eigenvalue weighted by Crippen LogP contribution is -2.27. The van der Waals surface area contributed by atoms with Gasteiger partial charge in [-0.25, -0.2) is 0 Å². The molecule has 1 aliphatic heterocycles. The molecule has 0 aromatic carbocycles. The molecule has 0 bridgehead atoms. The van der Waals surface area contributed by atoms with Crippen molar-refractivity contribution in [1.82, 2.24) is 4.90 Å². The van der Waals surface area contributed by atoms with E-state index in [0.717, 1.165) is 18.4 Å². The van der Waals surface area contributed by atoms with Crippen LogP contribution in [0, 0.1) is 11.8 Å². The third-order valence-electron chi connectivity index (χ3n) is 3.30. The van der Waals surface area contributed by atoms with E-state index in [1.54, 1.807) is 0 Å². The molecule has 1 saturated heterocycles. The highest BCUT2D eigenvalue weighted by atomic mass is 32.1. The van der Waals surface area contributed by atoms with Crippen molar-refractivity contribution in [1.29, 1.82) is 0 Å². The molecule has 2 atom stereocenters. The summed E-state index contributed by atoms with van der Waals surface area (Å²) in [6, 6.07) is 4.87. The molecule has 13 heavy (non-hydrogen) atoms. The van der Waals surface area contributed by atoms with Gasteiger partial charge in [0.15, 0.2) is 0 Å². The predicted molar refractivity (Wildman–Crippen MR) is 54.6 cm³/mol. The number of hydrogen-bond acceptors (Lipinski definition) is 3. The number of hydrogen-bond donors (Lipinski definition) is 1. The number of nitrogens with two attached hydrogens (primary N) is 1. The van der Waals surface area contributed by atoms with E-state index in [0.29, 0.717) is 6.04 Å². The Balaban J connectivity index is 1.59. The van der Waals surface area contributed by atoms with Crippen LogP contribution in [-0.2, 0) is 6.54 Å². The zero-order valence-electron chi connectivity index (χ0n) is 7.52. The third kappa shape index (κ3) is 1.31. The van der Waals surface area contributed by atoms with Crippen LogP contribution in [0.15, 0.2) is 17.5 Å². The summed E-state index contributed by atoms with van der Waals surface area (Å²) in [6.07, 6.45) is 0. The molecular weight excluding hydrogens is 180 g/mol. The first kappa shape index (κ1) is 7.97. The summed E-state index contributed by atoms with van der Waals surface area (Å²) in [4.78, 5) is 4.01. The Labute approximate surface area is 82.3 Å². The largest absolute Gasteiger partial charge is 0.327 e. The minimum Gasteiger partial charge on any atom is -0.327 e. The van der Waals surface area contributed by atoms with E-state index in [9.17, 15) is 0 Å². The lowest BCUT2D eigenvalue weighted by atomic mass is 10.3. The van der Waals surface area contributed by atoms with Crippen LogP contribution in [0.4, 0.5) is 0 Å². The molecule has 1 saturated carbocycles. The van der Waals surface area contributed by atoms with E-state index in [4.69, 9.17) is 5.73 Å². The van der Waals surface area contributed by atoms with Gasteiger partial charge in [0.05, 0.1) is 0 Å². The fourth-order valence-electron chi connectivity index (χ4n) is 2.41. The van der Waals surface area contributed by atoms with Gasteiger partial charge in [0.25, 0.3) is 0 Å². The van der Waals surface area contributed by atoms with Crippen LogP contribution in [-0.4, -0.2) is 24.0 Å². The SMILES string of the molecule is NC1C2CN(Cc3cccs3)CC12. The topological polar surface area (TPSA) is 29.3 Å². The van der Waals surface area contributed by atoms with E-state index >= 15 is 0 Å². The van der Waals surface area contributed by atoms with Crippen molar-refractivity contribution in [3.63, 3.8) is 0 Å². The smallest absolute Gasteiger partial charge is 0.0328 e. The molecule has 2 nitrogen and oxygen atoms in total. The van der Waals surface area contributed by atoms with Crippen molar-refractivity contribution in [2.45, 2.75) is 12.6 Å². The maximum atomic E-state index is 5.88. The quantitative estimate of drug-likeness (QED) is 0.765. The van der Waals surface area contributed by atoms with Crippen LogP contribution in [0.25, 0.3) is 0 Å². The van der Waals surface area contributed by atoms with Crippen LogP contribution >= 0.6 is 11.3 Å². The van der Waals surface area contributed by atoms with Gasteiger partial charge in [0.2, 0.25) is 0 Å². The molecule has 1 aromatic rings. The van der Waals surface area contributed by atoms with Crippen molar-refractivity contribution in [3.8, 4) is 0 Å². The Hall–Kier alpha value is -0.380. The monoisotopic (exact) mass is 194 g/mol. The summed E-state index contributed by atoms with van der Waals surface area (Å²) in [5, 5.41) is 2.15. The van der Waals surface area contributed by atoms with E-state index in [2.05, 4.69) is 22.4 Å². The van der Waals surface area contributed by atoms with Crippen molar-refractivity contribution < 1.29 is 0 Å². The minimum atomic E-state index is 0.527. The van der Waals surface area contributed by atoms with Gasteiger partial charge in [-0.3, -0.25) is 4.90 Å². The summed E-state index contributed by atoms with van der Waals surface area (Å²) >= 11 is 1.85. The molecule has 70 valence electrons. The average Bonchev–Trinajstić information content (AvgIpc) is 2.66. The molecule has 3 rings (SSSR count). The second kappa shape index (κ2) is 2.80. The van der Waals surface area contributed by atoms with Crippen LogP contribution in [0.2, 0.25) is 0 Å². The summed E-state index contributed by atoms with van der Waals surface area (Å²) in [5.41, 5.74) is 5.88. The zero-order valence-corrected chi connectivity index (χ0v) is 8.33. The first-order valence-corrected chi connectivity index (χ1v) is 5.73. The van der Waals surface area contributed by atoms with Gasteiger partial charge in [-0.15, -0.1) is 11.3 Å². The first-order chi connectivity index (χ1) is 6.34. The summed E-state index contributed by atoms with van der Waals surface area (Å²) < 4.78 is 0. The van der Waals surface area contributed by atoms with Crippen LogP contribution in [0.3, 0.4) is 0 Å². The van der Waals surface area contributed by atoms with Gasteiger partial charge >= 0.3 is 0 Å². The normalized spacial score (nSPS) is 37.8. The Morgan fingerprint density at radius 2 is 2.23 bits per heavy atom. The second-order valence-corrected chi connectivity index (χ2v) is 5.21. The van der Waals surface area contributed by atoms with Crippen molar-refractivity contribution in [2.24, 2.45) is 17.6 Å². The van der Waals surface area contributed by atoms with Gasteiger partial charge in [-0.1, -0.05) is 6.07 Å². The Bertz CT molecular complexity index is 284. The van der Waals surface area contributed by atoms with Gasteiger partial charge in [-0.05, 0) is 23.3 Å². The lowest BCUT2D eigenvalue weighted by molar-refractivity contribution is 0.292. The molecule has 0 amide bonds. The molecular formula is C10H14N2S. The number of fused-ring (bicyclic) bond motifs is 1. The Morgan fingerprint density at radius 3 is 2.85 bits per heavy atom. The minimum absolute atomic E-state index is 0.527. The Morgan fingerprint density at radius 1 is 1.46 bits per heavy atom. The van der Waals surface area contributed by atoms with Gasteiger partial charge < -0.3 is 5.73 Å². The highest BCUT2D eigenvalue weighted by Crippen LogP contribution is 2.44. The summed E-state index contributed by atoms with van der Waals surface area (Å²) in [7, 11) is 0. The number of nitrogens with zero attached hydrogens (tertiary/aromatic N) is 1. The maximum absolute atomic E-state index is 5.88. The predicted octanol–water partition coefficient (Wildman–Crippen LogP) is 1.14. The first-order valence-electron chi connectivity index (χ1n) is 4.85. The van der Waals surface area contributed by atoms with E-state index in [-0.39, 0.29) is 0 Å². The fourth-order valence-corrected chi connectivity index (χ4v) is 3.16. The van der Waals surface area contributed by atoms with Gasteiger partial charge in [0.1, 0.15) is 0 Å². The molecule has 2 N–H and O–H groups in total. The number of piperidine rings is 1. The van der Waals surface area contributed by atoms with Crippen molar-refractivity contribution in [2.75, 3.05) is 13.1 Å². The van der Waals surface area contributed by atoms with Crippen LogP contribution in [0.5, 0.6) is 0 Å². The van der Waals surface area contributed by atoms with E-state index in [1.165, 1.54) is 18.0 Å². The van der Waals surface area contributed by atoms with Gasteiger partial charge in [0, 0.05) is 30.6 Å². The zero-order chi connectivity index (χ0) is 8.84. The summed E-state index contributed by atoms with van der Waals surface area (Å²) in [5.74, 6) is 1.64. The molecule has 3 heteroatoms. The van der Waals surface area contributed by atoms with E-state index < -0.39 is 0 Å². The lowest BCUT2D eigenvalue weighted by Gasteiger charge is -2.17. The number of thiophene rings is 1. The van der Waals surface area contributed by atoms with Gasteiger partial charge in [-0.2, -0.15) is 0 Å². The second-order valence-electron chi connectivity index (χ2n) is 4.18. The van der Waals surface area contributed by atoms with E-state index in [1.807, 2.05) is 11.3 Å². The Kier molecular flexibility index (Phi) is 1.72. The molecule has 2 heterocycles. The number of rotatable bonds is 2. The molecule has 1 aliphatic carbocycles. The molecule has 2 unspecified atom stereocenters. The highest BCUT2D eigenvalue weighted by Gasteiger charge is 2.53. The molecule has 2 aliphatic rings. The number of likely N-dealkylation sites (tertiary alicyclic amines) is 1. The maximum Gasteiger partial charge on any atom is 0.0328 e.